The minimum atomic E-state index is -0.618. The lowest BCUT2D eigenvalue weighted by Gasteiger charge is -2.11. The third-order valence-corrected chi connectivity index (χ3v) is 2.53. The van der Waals surface area contributed by atoms with Crippen LogP contribution >= 0.6 is 0 Å². The Hall–Kier alpha value is -1.46. The molecule has 1 rings (SSSR count). The van der Waals surface area contributed by atoms with Gasteiger partial charge in [0.15, 0.2) is 0 Å². The van der Waals surface area contributed by atoms with Gasteiger partial charge in [0.2, 0.25) is 0 Å². The molecule has 0 saturated heterocycles. The van der Waals surface area contributed by atoms with E-state index in [1.165, 1.54) is 12.1 Å². The van der Waals surface area contributed by atoms with Gasteiger partial charge in [0.25, 0.3) is 5.69 Å². The van der Waals surface area contributed by atoms with Crippen LogP contribution in [0, 0.1) is 10.1 Å². The quantitative estimate of drug-likeness (QED) is 0.433. The Kier molecular flexibility index (Phi) is 5.59. The van der Waals surface area contributed by atoms with Gasteiger partial charge in [-0.3, -0.25) is 10.1 Å². The second kappa shape index (κ2) is 6.98. The van der Waals surface area contributed by atoms with E-state index in [0.29, 0.717) is 12.1 Å². The number of hydrogen-bond donors (Lipinski definition) is 2. The summed E-state index contributed by atoms with van der Waals surface area (Å²) in [5.41, 5.74) is 0.736. The fourth-order valence-electron chi connectivity index (χ4n) is 1.48. The second-order valence-electron chi connectivity index (χ2n) is 3.92. The fourth-order valence-corrected chi connectivity index (χ4v) is 1.48. The zero-order valence-electron chi connectivity index (χ0n) is 9.93. The van der Waals surface area contributed by atoms with Gasteiger partial charge in [0, 0.05) is 18.7 Å². The summed E-state index contributed by atoms with van der Waals surface area (Å²) < 4.78 is 0. The topological polar surface area (TPSA) is 75.4 Å². The van der Waals surface area contributed by atoms with Gasteiger partial charge in [-0.1, -0.05) is 13.3 Å². The molecular formula is C12H18N2O3. The van der Waals surface area contributed by atoms with Crippen LogP contribution in [0.1, 0.15) is 31.4 Å². The van der Waals surface area contributed by atoms with Gasteiger partial charge in [-0.05, 0) is 30.7 Å². The highest BCUT2D eigenvalue weighted by molar-refractivity contribution is 5.33. The minimum Gasteiger partial charge on any atom is -0.387 e. The third-order valence-electron chi connectivity index (χ3n) is 2.53. The molecule has 2 N–H and O–H groups in total. The van der Waals surface area contributed by atoms with Crippen LogP contribution in [0.5, 0.6) is 0 Å². The molecule has 0 spiro atoms. The van der Waals surface area contributed by atoms with Crippen LogP contribution in [0.2, 0.25) is 0 Å². The van der Waals surface area contributed by atoms with Crippen molar-refractivity contribution >= 4 is 5.69 Å². The summed E-state index contributed by atoms with van der Waals surface area (Å²) in [7, 11) is 0. The Bertz CT molecular complexity index is 351. The van der Waals surface area contributed by atoms with Gasteiger partial charge in [0.05, 0.1) is 11.0 Å². The van der Waals surface area contributed by atoms with Gasteiger partial charge >= 0.3 is 0 Å². The lowest BCUT2D eigenvalue weighted by Crippen LogP contribution is -2.22. The van der Waals surface area contributed by atoms with Crippen molar-refractivity contribution in [1.29, 1.82) is 0 Å². The highest BCUT2D eigenvalue weighted by atomic mass is 16.6. The smallest absolute Gasteiger partial charge is 0.269 e. The highest BCUT2D eigenvalue weighted by Crippen LogP contribution is 2.17. The molecule has 1 aromatic carbocycles. The van der Waals surface area contributed by atoms with Crippen molar-refractivity contribution in [2.45, 2.75) is 25.9 Å². The van der Waals surface area contributed by atoms with E-state index in [4.69, 9.17) is 0 Å². The van der Waals surface area contributed by atoms with E-state index >= 15 is 0 Å². The first-order chi connectivity index (χ1) is 8.15. The standard InChI is InChI=1S/C12H18N2O3/c1-2-3-8-13-9-12(15)10-4-6-11(7-5-10)14(16)17/h4-7,12-13,15H,2-3,8-9H2,1H3. The number of aliphatic hydroxyl groups excluding tert-OH is 1. The van der Waals surface area contributed by atoms with E-state index in [0.717, 1.165) is 19.4 Å². The number of unbranched alkanes of at least 4 members (excludes halogenated alkanes) is 1. The van der Waals surface area contributed by atoms with Crippen LogP contribution in [0.25, 0.3) is 0 Å². The number of aliphatic hydroxyl groups is 1. The summed E-state index contributed by atoms with van der Waals surface area (Å²) >= 11 is 0. The van der Waals surface area contributed by atoms with E-state index in [1.54, 1.807) is 12.1 Å². The molecule has 1 unspecified atom stereocenters. The Balaban J connectivity index is 2.46. The number of nitrogens with one attached hydrogen (secondary N) is 1. The van der Waals surface area contributed by atoms with Crippen LogP contribution in [0.15, 0.2) is 24.3 Å². The molecule has 5 heteroatoms. The summed E-state index contributed by atoms with van der Waals surface area (Å²) in [6.07, 6.45) is 1.57. The molecule has 0 radical (unpaired) electrons. The second-order valence-corrected chi connectivity index (χ2v) is 3.92. The van der Waals surface area contributed by atoms with E-state index in [1.807, 2.05) is 0 Å². The average molecular weight is 238 g/mol. The zero-order valence-corrected chi connectivity index (χ0v) is 9.93. The Labute approximate surface area is 101 Å². The Morgan fingerprint density at radius 1 is 1.41 bits per heavy atom. The molecule has 94 valence electrons. The molecule has 0 aliphatic heterocycles. The van der Waals surface area contributed by atoms with Crippen LogP contribution in [0.3, 0.4) is 0 Å². The lowest BCUT2D eigenvalue weighted by molar-refractivity contribution is -0.384. The van der Waals surface area contributed by atoms with Crippen molar-refractivity contribution in [3.63, 3.8) is 0 Å². The summed E-state index contributed by atoms with van der Waals surface area (Å²) in [6.45, 7) is 3.45. The number of nitrogens with zero attached hydrogens (tertiary/aromatic N) is 1. The molecule has 0 aliphatic carbocycles. The fraction of sp³-hybridized carbons (Fsp3) is 0.500. The lowest BCUT2D eigenvalue weighted by atomic mass is 10.1. The number of hydrogen-bond acceptors (Lipinski definition) is 4. The highest BCUT2D eigenvalue weighted by Gasteiger charge is 2.09. The molecule has 5 nitrogen and oxygen atoms in total. The van der Waals surface area contributed by atoms with Crippen molar-refractivity contribution in [2.75, 3.05) is 13.1 Å². The molecule has 0 aromatic heterocycles. The molecule has 1 atom stereocenters. The molecule has 0 saturated carbocycles. The predicted molar refractivity (Wildman–Crippen MR) is 65.8 cm³/mol. The third kappa shape index (κ3) is 4.50. The summed E-state index contributed by atoms with van der Waals surface area (Å²) in [5.74, 6) is 0. The van der Waals surface area contributed by atoms with Crippen LogP contribution < -0.4 is 5.32 Å². The van der Waals surface area contributed by atoms with E-state index in [9.17, 15) is 15.2 Å². The first-order valence-electron chi connectivity index (χ1n) is 5.78. The number of benzene rings is 1. The molecule has 1 aromatic rings. The van der Waals surface area contributed by atoms with Gasteiger partial charge in [-0.15, -0.1) is 0 Å². The first kappa shape index (κ1) is 13.6. The Morgan fingerprint density at radius 2 is 2.06 bits per heavy atom. The maximum atomic E-state index is 10.5. The van der Waals surface area contributed by atoms with Crippen LogP contribution in [0.4, 0.5) is 5.69 Å². The van der Waals surface area contributed by atoms with Crippen molar-refractivity contribution in [3.05, 3.63) is 39.9 Å². The first-order valence-corrected chi connectivity index (χ1v) is 5.78. The van der Waals surface area contributed by atoms with Crippen LogP contribution in [-0.4, -0.2) is 23.1 Å². The van der Waals surface area contributed by atoms with E-state index in [-0.39, 0.29) is 5.69 Å². The summed E-state index contributed by atoms with van der Waals surface area (Å²) in [5, 5.41) is 23.4. The van der Waals surface area contributed by atoms with Crippen molar-refractivity contribution in [2.24, 2.45) is 0 Å². The van der Waals surface area contributed by atoms with Crippen molar-refractivity contribution in [3.8, 4) is 0 Å². The number of non-ortho nitro benzene ring substituents is 1. The van der Waals surface area contributed by atoms with Crippen molar-refractivity contribution < 1.29 is 10.0 Å². The largest absolute Gasteiger partial charge is 0.387 e. The van der Waals surface area contributed by atoms with Gasteiger partial charge in [-0.2, -0.15) is 0 Å². The number of nitro groups is 1. The average Bonchev–Trinajstić information content (AvgIpc) is 2.34. The molecule has 0 fully saturated rings. The SMILES string of the molecule is CCCCNCC(O)c1ccc([N+](=O)[O-])cc1. The van der Waals surface area contributed by atoms with Gasteiger partial charge in [0.1, 0.15) is 0 Å². The maximum Gasteiger partial charge on any atom is 0.269 e. The zero-order chi connectivity index (χ0) is 12.7. The maximum absolute atomic E-state index is 10.5. The number of rotatable bonds is 7. The van der Waals surface area contributed by atoms with E-state index < -0.39 is 11.0 Å². The minimum absolute atomic E-state index is 0.0416. The predicted octanol–water partition coefficient (Wildman–Crippen LogP) is 2.02. The molecule has 0 aliphatic rings. The molecule has 17 heavy (non-hydrogen) atoms. The number of nitro benzene ring substituents is 1. The Morgan fingerprint density at radius 3 is 2.59 bits per heavy atom. The van der Waals surface area contributed by atoms with Gasteiger partial charge < -0.3 is 10.4 Å². The molecule has 0 amide bonds. The van der Waals surface area contributed by atoms with Crippen LogP contribution in [-0.2, 0) is 0 Å². The van der Waals surface area contributed by atoms with Crippen molar-refractivity contribution in [1.82, 2.24) is 5.32 Å². The molecule has 0 heterocycles. The molecule has 0 bridgehead atoms. The van der Waals surface area contributed by atoms with E-state index in [2.05, 4.69) is 12.2 Å². The summed E-state index contributed by atoms with van der Waals surface area (Å²) in [6, 6.07) is 5.99. The normalized spacial score (nSPS) is 12.4. The van der Waals surface area contributed by atoms with Gasteiger partial charge in [-0.25, -0.2) is 0 Å². The monoisotopic (exact) mass is 238 g/mol. The summed E-state index contributed by atoms with van der Waals surface area (Å²) in [4.78, 5) is 10.0. The molecular weight excluding hydrogens is 220 g/mol.